The molecule has 2 aliphatic heterocycles. The third-order valence-electron chi connectivity index (χ3n) is 11.3. The molecule has 0 saturated carbocycles. The van der Waals surface area contributed by atoms with Crippen molar-refractivity contribution in [1.29, 1.82) is 0 Å². The molecule has 9 nitrogen and oxygen atoms in total. The summed E-state index contributed by atoms with van der Waals surface area (Å²) >= 11 is 6.12. The minimum Gasteiger partial charge on any atom is -0.392 e. The Hall–Kier alpha value is -5.00. The molecule has 5 aromatic carbocycles. The van der Waals surface area contributed by atoms with Crippen molar-refractivity contribution in [3.05, 3.63) is 166 Å². The zero-order chi connectivity index (χ0) is 38.6. The average Bonchev–Trinajstić information content (AvgIpc) is 3.24. The van der Waals surface area contributed by atoms with E-state index in [1.54, 1.807) is 0 Å². The van der Waals surface area contributed by atoms with Gasteiger partial charge < -0.3 is 29.9 Å². The van der Waals surface area contributed by atoms with Crippen LogP contribution < -0.4 is 5.32 Å². The fraction of sp³-hybridized carbons (Fsp3) is 0.283. The van der Waals surface area contributed by atoms with E-state index < -0.39 is 11.9 Å². The van der Waals surface area contributed by atoms with Gasteiger partial charge in [-0.15, -0.1) is 0 Å². The molecule has 6 aromatic rings. The Morgan fingerprint density at radius 2 is 1.54 bits per heavy atom. The molecule has 286 valence electrons. The highest BCUT2D eigenvalue weighted by Crippen LogP contribution is 2.43. The van der Waals surface area contributed by atoms with Crippen molar-refractivity contribution in [2.45, 2.75) is 57.0 Å². The first-order valence-corrected chi connectivity index (χ1v) is 19.5. The van der Waals surface area contributed by atoms with E-state index in [1.165, 1.54) is 6.20 Å². The van der Waals surface area contributed by atoms with E-state index in [9.17, 15) is 15.0 Å². The highest BCUT2D eigenvalue weighted by atomic mass is 35.5. The number of fused-ring (bicyclic) bond motifs is 1. The lowest BCUT2D eigenvalue weighted by molar-refractivity contribution is -0.277. The van der Waals surface area contributed by atoms with Gasteiger partial charge in [-0.1, -0.05) is 116 Å². The molecule has 0 bridgehead atoms. The Labute approximate surface area is 331 Å². The quantitative estimate of drug-likeness (QED) is 0.128. The van der Waals surface area contributed by atoms with E-state index in [2.05, 4.69) is 45.3 Å². The smallest absolute Gasteiger partial charge is 0.271 e. The maximum atomic E-state index is 13.1. The molecule has 8 rings (SSSR count). The molecule has 0 spiro atoms. The summed E-state index contributed by atoms with van der Waals surface area (Å²) in [6, 6.07) is 39.2. The van der Waals surface area contributed by atoms with Gasteiger partial charge in [0.2, 0.25) is 0 Å². The van der Waals surface area contributed by atoms with Crippen molar-refractivity contribution in [2.24, 2.45) is 5.92 Å². The van der Waals surface area contributed by atoms with Crippen molar-refractivity contribution in [1.82, 2.24) is 20.2 Å². The van der Waals surface area contributed by atoms with Gasteiger partial charge in [-0.2, -0.15) is 0 Å². The van der Waals surface area contributed by atoms with Crippen LogP contribution in [-0.4, -0.2) is 56.7 Å². The third-order valence-corrected chi connectivity index (χ3v) is 11.5. The van der Waals surface area contributed by atoms with Crippen LogP contribution in [0.5, 0.6) is 0 Å². The minimum atomic E-state index is -0.888. The van der Waals surface area contributed by atoms with Crippen LogP contribution in [0, 0.1) is 5.92 Å². The number of nitrogens with one attached hydrogen (secondary N) is 1. The molecule has 1 amide bonds. The van der Waals surface area contributed by atoms with Crippen LogP contribution in [-0.2, 0) is 28.2 Å². The largest absolute Gasteiger partial charge is 0.392 e. The van der Waals surface area contributed by atoms with Crippen molar-refractivity contribution < 1.29 is 24.5 Å². The maximum Gasteiger partial charge on any atom is 0.271 e. The lowest BCUT2D eigenvalue weighted by atomic mass is 9.84. The molecule has 4 atom stereocenters. The number of aliphatic hydroxyl groups is 2. The van der Waals surface area contributed by atoms with Crippen molar-refractivity contribution in [3.8, 4) is 11.1 Å². The number of halogens is 1. The molecule has 1 aromatic heterocycles. The van der Waals surface area contributed by atoms with Gasteiger partial charge >= 0.3 is 0 Å². The number of carbonyl (C=O) groups is 1. The molecule has 10 heteroatoms. The number of nitrogens with zero attached hydrogens (tertiary/aromatic N) is 3. The fourth-order valence-corrected chi connectivity index (χ4v) is 7.97. The first kappa shape index (κ1) is 37.9. The summed E-state index contributed by atoms with van der Waals surface area (Å²) in [6.45, 7) is 4.64. The number of benzene rings is 5. The summed E-state index contributed by atoms with van der Waals surface area (Å²) < 4.78 is 13.6. The highest BCUT2D eigenvalue weighted by molar-refractivity contribution is 6.30. The van der Waals surface area contributed by atoms with Crippen LogP contribution >= 0.6 is 11.6 Å². The first-order chi connectivity index (χ1) is 27.3. The highest BCUT2D eigenvalue weighted by Gasteiger charge is 2.41. The summed E-state index contributed by atoms with van der Waals surface area (Å²) in [4.78, 5) is 24.4. The standard InChI is InChI=1S/C46H45ClN4O5/c1-30-42(28-51-24-22-46(54,23-25-51)36-18-20-37(47)21-19-36)55-45(56-43(30)33-12-10-31(29-52)11-13-33)34-16-14-32(15-17-34)38-7-3-2-6-35(38)26-49-44(53)41-27-48-39-8-4-5-9-40(39)50-41/h2-21,27,30,42-43,45,52,54H,22-26,28-29H2,1H3,(H,49,53)/t30-,42+,43+,45+/m0/s1. The van der Waals surface area contributed by atoms with E-state index >= 15 is 0 Å². The molecule has 0 radical (unpaired) electrons. The Balaban J connectivity index is 0.980. The predicted molar refractivity (Wildman–Crippen MR) is 217 cm³/mol. The van der Waals surface area contributed by atoms with E-state index in [0.29, 0.717) is 36.5 Å². The Morgan fingerprint density at radius 1 is 0.857 bits per heavy atom. The number of carbonyl (C=O) groups excluding carboxylic acids is 1. The van der Waals surface area contributed by atoms with Crippen LogP contribution in [0.15, 0.2) is 128 Å². The normalized spacial score (nSPS) is 21.1. The number of para-hydroxylation sites is 2. The number of likely N-dealkylation sites (tertiary alicyclic amines) is 1. The van der Waals surface area contributed by atoms with Gasteiger partial charge in [0, 0.05) is 42.7 Å². The van der Waals surface area contributed by atoms with Gasteiger partial charge in [0.25, 0.3) is 5.91 Å². The number of amides is 1. The Kier molecular flexibility index (Phi) is 11.2. The molecule has 2 fully saturated rings. The molecule has 0 unspecified atom stereocenters. The number of piperidine rings is 1. The average molecular weight is 769 g/mol. The number of hydrogen-bond acceptors (Lipinski definition) is 8. The maximum absolute atomic E-state index is 13.1. The van der Waals surface area contributed by atoms with Crippen molar-refractivity contribution in [3.63, 3.8) is 0 Å². The van der Waals surface area contributed by atoms with Gasteiger partial charge in [0.1, 0.15) is 5.69 Å². The number of hydrogen-bond donors (Lipinski definition) is 3. The molecule has 56 heavy (non-hydrogen) atoms. The van der Waals surface area contributed by atoms with Crippen LogP contribution in [0.2, 0.25) is 5.02 Å². The number of aromatic nitrogens is 2. The summed E-state index contributed by atoms with van der Waals surface area (Å²) in [6.07, 6.45) is 1.75. The molecule has 2 aliphatic rings. The summed E-state index contributed by atoms with van der Waals surface area (Å²) in [5, 5.41) is 24.9. The molecule has 3 heterocycles. The first-order valence-electron chi connectivity index (χ1n) is 19.2. The molecular weight excluding hydrogens is 724 g/mol. The van der Waals surface area contributed by atoms with Gasteiger partial charge in [-0.25, -0.2) is 4.98 Å². The lowest BCUT2D eigenvalue weighted by Crippen LogP contribution is -2.49. The van der Waals surface area contributed by atoms with Crippen LogP contribution in [0.1, 0.15) is 70.5 Å². The minimum absolute atomic E-state index is 0.0198. The Morgan fingerprint density at radius 3 is 2.27 bits per heavy atom. The van der Waals surface area contributed by atoms with Gasteiger partial charge in [-0.05, 0) is 70.5 Å². The third kappa shape index (κ3) is 8.25. The fourth-order valence-electron chi connectivity index (χ4n) is 7.85. The second-order valence-corrected chi connectivity index (χ2v) is 15.3. The number of aliphatic hydroxyl groups excluding tert-OH is 1. The molecule has 3 N–H and O–H groups in total. The van der Waals surface area contributed by atoms with Crippen molar-refractivity contribution in [2.75, 3.05) is 19.6 Å². The lowest BCUT2D eigenvalue weighted by Gasteiger charge is -2.45. The SMILES string of the molecule is C[C@H]1[C@@H](CN2CCC(O)(c3ccc(Cl)cc3)CC2)O[C@@H](c2ccc(-c3ccccc3CNC(=O)c3cnc4ccccc4n3)cc2)O[C@H]1c1ccc(CO)cc1. The summed E-state index contributed by atoms with van der Waals surface area (Å²) in [5.41, 5.74) is 7.46. The van der Waals surface area contributed by atoms with Gasteiger partial charge in [0.15, 0.2) is 6.29 Å². The molecular formula is C46H45ClN4O5. The van der Waals surface area contributed by atoms with E-state index in [1.807, 2.05) is 103 Å². The second kappa shape index (κ2) is 16.6. The van der Waals surface area contributed by atoms with E-state index in [4.69, 9.17) is 21.1 Å². The summed E-state index contributed by atoms with van der Waals surface area (Å²) in [7, 11) is 0. The Bertz CT molecular complexity index is 2280. The monoisotopic (exact) mass is 768 g/mol. The topological polar surface area (TPSA) is 117 Å². The predicted octanol–water partition coefficient (Wildman–Crippen LogP) is 8.15. The van der Waals surface area contributed by atoms with E-state index in [0.717, 1.165) is 57.6 Å². The van der Waals surface area contributed by atoms with Crippen LogP contribution in [0.3, 0.4) is 0 Å². The van der Waals surface area contributed by atoms with Crippen LogP contribution in [0.25, 0.3) is 22.2 Å². The van der Waals surface area contributed by atoms with Gasteiger partial charge in [-0.3, -0.25) is 9.78 Å². The van der Waals surface area contributed by atoms with Crippen LogP contribution in [0.4, 0.5) is 0 Å². The number of ether oxygens (including phenoxy) is 2. The zero-order valence-electron chi connectivity index (χ0n) is 31.2. The van der Waals surface area contributed by atoms with Gasteiger partial charge in [0.05, 0.1) is 41.6 Å². The number of rotatable bonds is 10. The second-order valence-electron chi connectivity index (χ2n) is 14.9. The molecule has 0 aliphatic carbocycles. The summed E-state index contributed by atoms with van der Waals surface area (Å²) in [5.74, 6) is -0.253. The molecule has 2 saturated heterocycles. The zero-order valence-corrected chi connectivity index (χ0v) is 32.0. The van der Waals surface area contributed by atoms with Crippen molar-refractivity contribution >= 4 is 28.5 Å². The van der Waals surface area contributed by atoms with E-state index in [-0.39, 0.29) is 36.3 Å².